The van der Waals surface area contributed by atoms with Gasteiger partial charge in [0.1, 0.15) is 5.82 Å². The number of rotatable bonds is 5. The van der Waals surface area contributed by atoms with Crippen LogP contribution in [-0.4, -0.2) is 42.5 Å². The lowest BCUT2D eigenvalue weighted by Crippen LogP contribution is -2.45. The Morgan fingerprint density at radius 2 is 1.68 bits per heavy atom. The average molecular weight is 265 g/mol. The summed E-state index contributed by atoms with van der Waals surface area (Å²) in [4.78, 5) is 4.88. The number of benzene rings is 1. The first kappa shape index (κ1) is 14.4. The van der Waals surface area contributed by atoms with Gasteiger partial charge in [0.05, 0.1) is 0 Å². The van der Waals surface area contributed by atoms with Crippen LogP contribution in [0.25, 0.3) is 0 Å². The van der Waals surface area contributed by atoms with E-state index in [9.17, 15) is 4.39 Å². The molecule has 2 rings (SSSR count). The summed E-state index contributed by atoms with van der Waals surface area (Å²) in [7, 11) is 0. The molecule has 106 valence electrons. The van der Waals surface area contributed by atoms with E-state index in [4.69, 9.17) is 5.73 Å². The van der Waals surface area contributed by atoms with Crippen molar-refractivity contribution >= 4 is 0 Å². The van der Waals surface area contributed by atoms with Crippen molar-refractivity contribution in [2.24, 2.45) is 5.73 Å². The molecule has 0 atom stereocenters. The Hall–Kier alpha value is -0.970. The standard InChI is InChI=1S/C15H24FN3/c1-2-3-18-4-6-19(7-5-18)12-14-8-13(11-17)9-15(16)10-14/h8-10H,2-7,11-12,17H2,1H3. The van der Waals surface area contributed by atoms with Gasteiger partial charge in [-0.25, -0.2) is 4.39 Å². The molecular weight excluding hydrogens is 241 g/mol. The fourth-order valence-electron chi connectivity index (χ4n) is 2.67. The highest BCUT2D eigenvalue weighted by atomic mass is 19.1. The van der Waals surface area contributed by atoms with Gasteiger partial charge in [-0.3, -0.25) is 4.90 Å². The Morgan fingerprint density at radius 1 is 1.05 bits per heavy atom. The topological polar surface area (TPSA) is 32.5 Å². The number of hydrogen-bond acceptors (Lipinski definition) is 3. The number of nitrogens with two attached hydrogens (primary N) is 1. The summed E-state index contributed by atoms with van der Waals surface area (Å²) in [5, 5.41) is 0. The molecular formula is C15H24FN3. The Labute approximate surface area is 115 Å². The van der Waals surface area contributed by atoms with E-state index >= 15 is 0 Å². The molecule has 0 radical (unpaired) electrons. The summed E-state index contributed by atoms with van der Waals surface area (Å²) in [5.41, 5.74) is 7.49. The molecule has 4 heteroatoms. The van der Waals surface area contributed by atoms with E-state index in [-0.39, 0.29) is 5.82 Å². The lowest BCUT2D eigenvalue weighted by molar-refractivity contribution is 0.127. The van der Waals surface area contributed by atoms with E-state index in [1.54, 1.807) is 6.07 Å². The van der Waals surface area contributed by atoms with Crippen LogP contribution >= 0.6 is 0 Å². The van der Waals surface area contributed by atoms with Crippen molar-refractivity contribution in [1.82, 2.24) is 9.80 Å². The van der Waals surface area contributed by atoms with Crippen molar-refractivity contribution < 1.29 is 4.39 Å². The minimum Gasteiger partial charge on any atom is -0.326 e. The zero-order valence-corrected chi connectivity index (χ0v) is 11.7. The van der Waals surface area contributed by atoms with Crippen molar-refractivity contribution in [1.29, 1.82) is 0 Å². The van der Waals surface area contributed by atoms with E-state index < -0.39 is 0 Å². The maximum absolute atomic E-state index is 13.4. The van der Waals surface area contributed by atoms with Gasteiger partial charge in [-0.2, -0.15) is 0 Å². The molecule has 3 nitrogen and oxygen atoms in total. The van der Waals surface area contributed by atoms with Gasteiger partial charge in [-0.1, -0.05) is 13.0 Å². The van der Waals surface area contributed by atoms with Gasteiger partial charge < -0.3 is 10.6 Å². The number of piperazine rings is 1. The number of halogens is 1. The van der Waals surface area contributed by atoms with Gasteiger partial charge in [0.25, 0.3) is 0 Å². The molecule has 2 N–H and O–H groups in total. The van der Waals surface area contributed by atoms with Crippen LogP contribution in [-0.2, 0) is 13.1 Å². The van der Waals surface area contributed by atoms with Crippen LogP contribution < -0.4 is 5.73 Å². The molecule has 0 unspecified atom stereocenters. The molecule has 0 spiro atoms. The van der Waals surface area contributed by atoms with Crippen molar-refractivity contribution in [2.75, 3.05) is 32.7 Å². The maximum Gasteiger partial charge on any atom is 0.123 e. The van der Waals surface area contributed by atoms with E-state index in [0.717, 1.165) is 43.9 Å². The first-order chi connectivity index (χ1) is 9.21. The molecule has 1 saturated heterocycles. The Bertz CT molecular complexity index is 400. The van der Waals surface area contributed by atoms with Gasteiger partial charge in [-0.05, 0) is 36.2 Å². The Kier molecular flexibility index (Phi) is 5.31. The van der Waals surface area contributed by atoms with Gasteiger partial charge in [0.2, 0.25) is 0 Å². The van der Waals surface area contributed by atoms with Crippen molar-refractivity contribution in [3.8, 4) is 0 Å². The molecule has 0 aromatic heterocycles. The van der Waals surface area contributed by atoms with E-state index in [2.05, 4.69) is 16.7 Å². The van der Waals surface area contributed by atoms with Crippen LogP contribution in [0.15, 0.2) is 18.2 Å². The first-order valence-electron chi connectivity index (χ1n) is 7.14. The van der Waals surface area contributed by atoms with Crippen LogP contribution in [0, 0.1) is 5.82 Å². The van der Waals surface area contributed by atoms with Gasteiger partial charge in [-0.15, -0.1) is 0 Å². The van der Waals surface area contributed by atoms with E-state index in [0.29, 0.717) is 6.54 Å². The summed E-state index contributed by atoms with van der Waals surface area (Å²) in [5.74, 6) is -0.178. The fraction of sp³-hybridized carbons (Fsp3) is 0.600. The summed E-state index contributed by atoms with van der Waals surface area (Å²) < 4.78 is 13.4. The molecule has 1 fully saturated rings. The van der Waals surface area contributed by atoms with Gasteiger partial charge in [0.15, 0.2) is 0 Å². The van der Waals surface area contributed by atoms with Gasteiger partial charge >= 0.3 is 0 Å². The zero-order chi connectivity index (χ0) is 13.7. The minimum absolute atomic E-state index is 0.178. The lowest BCUT2D eigenvalue weighted by Gasteiger charge is -2.34. The molecule has 1 heterocycles. The highest BCUT2D eigenvalue weighted by Gasteiger charge is 2.16. The zero-order valence-electron chi connectivity index (χ0n) is 11.7. The smallest absolute Gasteiger partial charge is 0.123 e. The van der Waals surface area contributed by atoms with Crippen LogP contribution in [0.5, 0.6) is 0 Å². The minimum atomic E-state index is -0.178. The molecule has 0 bridgehead atoms. The Balaban J connectivity index is 1.90. The first-order valence-corrected chi connectivity index (χ1v) is 7.14. The lowest BCUT2D eigenvalue weighted by atomic mass is 10.1. The second-order valence-electron chi connectivity index (χ2n) is 5.29. The molecule has 19 heavy (non-hydrogen) atoms. The van der Waals surface area contributed by atoms with E-state index in [1.165, 1.54) is 19.0 Å². The van der Waals surface area contributed by atoms with Crippen LogP contribution in [0.1, 0.15) is 24.5 Å². The summed E-state index contributed by atoms with van der Waals surface area (Å²) >= 11 is 0. The normalized spacial score (nSPS) is 17.8. The molecule has 0 amide bonds. The summed E-state index contributed by atoms with van der Waals surface area (Å²) in [6.45, 7) is 8.99. The highest BCUT2D eigenvalue weighted by molar-refractivity contribution is 5.24. The third kappa shape index (κ3) is 4.27. The molecule has 1 aliphatic rings. The molecule has 1 aromatic rings. The number of hydrogen-bond donors (Lipinski definition) is 1. The van der Waals surface area contributed by atoms with Gasteiger partial charge in [0, 0.05) is 39.3 Å². The third-order valence-corrected chi connectivity index (χ3v) is 3.66. The Morgan fingerprint density at radius 3 is 2.32 bits per heavy atom. The quantitative estimate of drug-likeness (QED) is 0.881. The SMILES string of the molecule is CCCN1CCN(Cc2cc(F)cc(CN)c2)CC1. The van der Waals surface area contributed by atoms with Crippen LogP contribution in [0.4, 0.5) is 4.39 Å². The molecule has 0 saturated carbocycles. The van der Waals surface area contributed by atoms with Crippen molar-refractivity contribution in [3.63, 3.8) is 0 Å². The molecule has 0 aliphatic carbocycles. The maximum atomic E-state index is 13.4. The van der Waals surface area contributed by atoms with Crippen molar-refractivity contribution in [2.45, 2.75) is 26.4 Å². The number of nitrogens with zero attached hydrogens (tertiary/aromatic N) is 2. The third-order valence-electron chi connectivity index (χ3n) is 3.66. The van der Waals surface area contributed by atoms with E-state index in [1.807, 2.05) is 6.07 Å². The highest BCUT2D eigenvalue weighted by Crippen LogP contribution is 2.13. The second-order valence-corrected chi connectivity index (χ2v) is 5.29. The largest absolute Gasteiger partial charge is 0.326 e. The fourth-order valence-corrected chi connectivity index (χ4v) is 2.67. The summed E-state index contributed by atoms with van der Waals surface area (Å²) in [6, 6.07) is 5.15. The average Bonchev–Trinajstić information content (AvgIpc) is 2.40. The van der Waals surface area contributed by atoms with Crippen LogP contribution in [0.2, 0.25) is 0 Å². The molecule has 1 aromatic carbocycles. The summed E-state index contributed by atoms with van der Waals surface area (Å²) in [6.07, 6.45) is 1.21. The molecule has 1 aliphatic heterocycles. The predicted octanol–water partition coefficient (Wildman–Crippen LogP) is 1.81. The monoisotopic (exact) mass is 265 g/mol. The second kappa shape index (κ2) is 6.98. The van der Waals surface area contributed by atoms with Crippen molar-refractivity contribution in [3.05, 3.63) is 35.1 Å². The van der Waals surface area contributed by atoms with Crippen LogP contribution in [0.3, 0.4) is 0 Å². The predicted molar refractivity (Wildman–Crippen MR) is 76.3 cm³/mol.